The molecule has 0 radical (unpaired) electrons. The average molecular weight is 372 g/mol. The Hall–Kier alpha value is -0.480. The molecule has 118 valence electrons. The number of thioether (sulfide) groups is 1. The normalized spacial score (nSPS) is 10.6. The van der Waals surface area contributed by atoms with Crippen molar-refractivity contribution in [3.8, 4) is 0 Å². The fraction of sp³-hybridized carbons (Fsp3) is 0.588. The largest absolute Gasteiger partial charge is 0.326 e. The standard InChI is InChI=1S/C17H26BrNOS/c1-15(20)19-16-9-11-17(12-10-16)21-14-8-6-4-2-3-5-7-13-18/h9-12H,2-8,13-14H2,1H3,(H,19,20). The molecule has 21 heavy (non-hydrogen) atoms. The number of amides is 1. The summed E-state index contributed by atoms with van der Waals surface area (Å²) < 4.78 is 0. The van der Waals surface area contributed by atoms with Gasteiger partial charge in [-0.1, -0.05) is 48.0 Å². The van der Waals surface area contributed by atoms with E-state index in [0.717, 1.165) is 11.0 Å². The zero-order chi connectivity index (χ0) is 15.3. The zero-order valence-electron chi connectivity index (χ0n) is 12.9. The first-order valence-corrected chi connectivity index (χ1v) is 9.89. The predicted octanol–water partition coefficient (Wildman–Crippen LogP) is 5.86. The van der Waals surface area contributed by atoms with Crippen molar-refractivity contribution in [3.63, 3.8) is 0 Å². The smallest absolute Gasteiger partial charge is 0.221 e. The molecule has 0 saturated heterocycles. The molecule has 1 amide bonds. The van der Waals surface area contributed by atoms with Crippen LogP contribution in [0.4, 0.5) is 5.69 Å². The third-order valence-electron chi connectivity index (χ3n) is 3.22. The molecule has 0 heterocycles. The van der Waals surface area contributed by atoms with Crippen molar-refractivity contribution in [2.75, 3.05) is 16.4 Å². The first kappa shape index (κ1) is 18.6. The van der Waals surface area contributed by atoms with Crippen LogP contribution in [0.2, 0.25) is 0 Å². The van der Waals surface area contributed by atoms with Gasteiger partial charge in [-0.05, 0) is 42.9 Å². The minimum absolute atomic E-state index is 0.0217. The molecule has 0 aliphatic heterocycles. The summed E-state index contributed by atoms with van der Waals surface area (Å²) in [6, 6.07) is 8.09. The molecule has 0 aliphatic carbocycles. The quantitative estimate of drug-likeness (QED) is 0.299. The van der Waals surface area contributed by atoms with Crippen molar-refractivity contribution in [3.05, 3.63) is 24.3 Å². The monoisotopic (exact) mass is 371 g/mol. The van der Waals surface area contributed by atoms with Crippen LogP contribution >= 0.6 is 27.7 Å². The molecular formula is C17H26BrNOS. The van der Waals surface area contributed by atoms with Gasteiger partial charge in [-0.3, -0.25) is 4.79 Å². The minimum Gasteiger partial charge on any atom is -0.326 e. The highest BCUT2D eigenvalue weighted by Crippen LogP contribution is 2.22. The first-order chi connectivity index (χ1) is 10.2. The maximum absolute atomic E-state index is 10.9. The molecule has 4 heteroatoms. The second kappa shape index (κ2) is 12.1. The van der Waals surface area contributed by atoms with Gasteiger partial charge in [-0.25, -0.2) is 0 Å². The van der Waals surface area contributed by atoms with Crippen LogP contribution in [0, 0.1) is 0 Å². The van der Waals surface area contributed by atoms with Gasteiger partial charge in [-0.15, -0.1) is 11.8 Å². The van der Waals surface area contributed by atoms with E-state index in [1.807, 2.05) is 23.9 Å². The van der Waals surface area contributed by atoms with Gasteiger partial charge in [0.15, 0.2) is 0 Å². The lowest BCUT2D eigenvalue weighted by Gasteiger charge is -2.05. The molecule has 2 nitrogen and oxygen atoms in total. The van der Waals surface area contributed by atoms with Crippen molar-refractivity contribution in [2.45, 2.75) is 56.8 Å². The molecular weight excluding hydrogens is 346 g/mol. The highest BCUT2D eigenvalue weighted by Gasteiger charge is 1.98. The van der Waals surface area contributed by atoms with Crippen molar-refractivity contribution < 1.29 is 4.79 Å². The second-order valence-corrected chi connectivity index (χ2v) is 7.18. The lowest BCUT2D eigenvalue weighted by atomic mass is 10.1. The summed E-state index contributed by atoms with van der Waals surface area (Å²) in [7, 11) is 0. The van der Waals surface area contributed by atoms with Gasteiger partial charge >= 0.3 is 0 Å². The van der Waals surface area contributed by atoms with E-state index in [2.05, 4.69) is 33.4 Å². The van der Waals surface area contributed by atoms with Crippen molar-refractivity contribution in [1.82, 2.24) is 0 Å². The van der Waals surface area contributed by atoms with E-state index >= 15 is 0 Å². The number of benzene rings is 1. The Morgan fingerprint density at radius 1 is 1.00 bits per heavy atom. The molecule has 0 bridgehead atoms. The molecule has 0 spiro atoms. The van der Waals surface area contributed by atoms with Crippen LogP contribution in [0.5, 0.6) is 0 Å². The number of anilines is 1. The van der Waals surface area contributed by atoms with E-state index in [1.165, 1.54) is 62.5 Å². The van der Waals surface area contributed by atoms with Gasteiger partial charge in [0.2, 0.25) is 5.91 Å². The number of hydrogen-bond donors (Lipinski definition) is 1. The van der Waals surface area contributed by atoms with E-state index < -0.39 is 0 Å². The number of halogens is 1. The van der Waals surface area contributed by atoms with Crippen LogP contribution in [0.3, 0.4) is 0 Å². The first-order valence-electron chi connectivity index (χ1n) is 7.79. The Morgan fingerprint density at radius 3 is 2.14 bits per heavy atom. The van der Waals surface area contributed by atoms with Crippen LogP contribution in [-0.2, 0) is 4.79 Å². The third kappa shape index (κ3) is 9.97. The fourth-order valence-electron chi connectivity index (χ4n) is 2.11. The second-order valence-electron chi connectivity index (χ2n) is 5.22. The number of alkyl halides is 1. The van der Waals surface area contributed by atoms with Gasteiger partial charge in [-0.2, -0.15) is 0 Å². The number of carbonyl (C=O) groups is 1. The summed E-state index contributed by atoms with van der Waals surface area (Å²) in [5.41, 5.74) is 0.871. The van der Waals surface area contributed by atoms with Crippen molar-refractivity contribution >= 4 is 39.3 Å². The molecule has 0 unspecified atom stereocenters. The molecule has 1 aromatic carbocycles. The summed E-state index contributed by atoms with van der Waals surface area (Å²) in [5, 5.41) is 3.93. The molecule has 1 rings (SSSR count). The lowest BCUT2D eigenvalue weighted by Crippen LogP contribution is -2.05. The van der Waals surface area contributed by atoms with E-state index in [1.54, 1.807) is 0 Å². The summed E-state index contributed by atoms with van der Waals surface area (Å²) >= 11 is 5.37. The van der Waals surface area contributed by atoms with E-state index in [4.69, 9.17) is 0 Å². The average Bonchev–Trinajstić information content (AvgIpc) is 2.47. The SMILES string of the molecule is CC(=O)Nc1ccc(SCCCCCCCCCBr)cc1. The zero-order valence-corrected chi connectivity index (χ0v) is 15.3. The lowest BCUT2D eigenvalue weighted by molar-refractivity contribution is -0.114. The molecule has 1 aromatic rings. The Morgan fingerprint density at radius 2 is 1.57 bits per heavy atom. The van der Waals surface area contributed by atoms with E-state index in [-0.39, 0.29) is 5.91 Å². The van der Waals surface area contributed by atoms with Crippen LogP contribution < -0.4 is 5.32 Å². The maximum Gasteiger partial charge on any atom is 0.221 e. The Balaban J connectivity index is 2.03. The van der Waals surface area contributed by atoms with Gasteiger partial charge in [0.05, 0.1) is 0 Å². The summed E-state index contributed by atoms with van der Waals surface area (Å²) in [6.45, 7) is 1.53. The van der Waals surface area contributed by atoms with Crippen LogP contribution in [0.25, 0.3) is 0 Å². The number of nitrogens with one attached hydrogen (secondary N) is 1. The number of unbranched alkanes of at least 4 members (excludes halogenated alkanes) is 6. The highest BCUT2D eigenvalue weighted by molar-refractivity contribution is 9.09. The third-order valence-corrected chi connectivity index (χ3v) is 4.88. The van der Waals surface area contributed by atoms with Crippen molar-refractivity contribution in [2.24, 2.45) is 0 Å². The van der Waals surface area contributed by atoms with E-state index in [0.29, 0.717) is 0 Å². The molecule has 0 atom stereocenters. The van der Waals surface area contributed by atoms with Crippen LogP contribution in [0.15, 0.2) is 29.2 Å². The molecule has 1 N–H and O–H groups in total. The molecule has 0 fully saturated rings. The minimum atomic E-state index is -0.0217. The molecule has 0 saturated carbocycles. The Labute approximate surface area is 141 Å². The van der Waals surface area contributed by atoms with Crippen LogP contribution in [0.1, 0.15) is 51.9 Å². The highest BCUT2D eigenvalue weighted by atomic mass is 79.9. The van der Waals surface area contributed by atoms with Gasteiger partial charge in [0.1, 0.15) is 0 Å². The summed E-state index contributed by atoms with van der Waals surface area (Å²) in [4.78, 5) is 12.2. The fourth-order valence-corrected chi connectivity index (χ4v) is 3.42. The van der Waals surface area contributed by atoms with Crippen LogP contribution in [-0.4, -0.2) is 17.0 Å². The maximum atomic E-state index is 10.9. The number of rotatable bonds is 11. The Kier molecular flexibility index (Phi) is 10.7. The Bertz CT molecular complexity index is 394. The number of hydrogen-bond acceptors (Lipinski definition) is 2. The number of carbonyl (C=O) groups excluding carboxylic acids is 1. The van der Waals surface area contributed by atoms with Gasteiger partial charge < -0.3 is 5.32 Å². The van der Waals surface area contributed by atoms with Crippen molar-refractivity contribution in [1.29, 1.82) is 0 Å². The predicted molar refractivity (Wildman–Crippen MR) is 97.6 cm³/mol. The summed E-state index contributed by atoms with van der Waals surface area (Å²) in [5.74, 6) is 1.16. The van der Waals surface area contributed by atoms with Gasteiger partial charge in [0, 0.05) is 22.8 Å². The molecule has 0 aromatic heterocycles. The van der Waals surface area contributed by atoms with Gasteiger partial charge in [0.25, 0.3) is 0 Å². The molecule has 0 aliphatic rings. The summed E-state index contributed by atoms with van der Waals surface area (Å²) in [6.07, 6.45) is 9.42. The topological polar surface area (TPSA) is 29.1 Å². The van der Waals surface area contributed by atoms with E-state index in [9.17, 15) is 4.79 Å².